The molecule has 3 heterocycles. The zero-order chi connectivity index (χ0) is 25.1. The van der Waals surface area contributed by atoms with Gasteiger partial charge in [-0.15, -0.1) is 0 Å². The molecule has 3 aromatic heterocycles. The third-order valence-corrected chi connectivity index (χ3v) is 5.32. The van der Waals surface area contributed by atoms with Crippen LogP contribution in [0.5, 0.6) is 11.5 Å². The minimum absolute atomic E-state index is 0.0109. The van der Waals surface area contributed by atoms with Crippen molar-refractivity contribution in [1.82, 2.24) is 29.3 Å². The van der Waals surface area contributed by atoms with E-state index in [2.05, 4.69) is 15.3 Å². The summed E-state index contributed by atoms with van der Waals surface area (Å²) in [6, 6.07) is 17.6. The van der Waals surface area contributed by atoms with E-state index in [4.69, 9.17) is 9.47 Å². The van der Waals surface area contributed by atoms with Crippen molar-refractivity contribution < 1.29 is 18.3 Å². The lowest BCUT2D eigenvalue weighted by molar-refractivity contribution is 0.0818. The second-order valence-electron chi connectivity index (χ2n) is 7.59. The molecule has 9 nitrogen and oxygen atoms in total. The summed E-state index contributed by atoms with van der Waals surface area (Å²) in [6.45, 7) is -0.819. The predicted octanol–water partition coefficient (Wildman–Crippen LogP) is 3.92. The summed E-state index contributed by atoms with van der Waals surface area (Å²) in [5.41, 5.74) is 1.71. The van der Waals surface area contributed by atoms with Crippen molar-refractivity contribution in [3.8, 4) is 39.9 Å². The third kappa shape index (κ3) is 4.45. The quantitative estimate of drug-likeness (QED) is 0.328. The molecule has 5 aromatic rings. The molecule has 36 heavy (non-hydrogen) atoms. The standard InChI is InChI=1S/C25H20F2N6O3/c1-35-22-15-32(19-9-8-18(31-13-5-11-28-31)14-21(19)36-16-23(26)27)30-24(25(22)34)20-10-12-29-33(20)17-6-3-2-4-7-17/h2-15,23H,16H2,1H3. The summed E-state index contributed by atoms with van der Waals surface area (Å²) >= 11 is 0. The van der Waals surface area contributed by atoms with Crippen molar-refractivity contribution in [3.05, 3.63) is 95.7 Å². The van der Waals surface area contributed by atoms with Crippen LogP contribution in [0.2, 0.25) is 0 Å². The Morgan fingerprint density at radius 3 is 2.47 bits per heavy atom. The van der Waals surface area contributed by atoms with Gasteiger partial charge in [-0.2, -0.15) is 15.3 Å². The van der Waals surface area contributed by atoms with Gasteiger partial charge in [0, 0.05) is 18.5 Å². The van der Waals surface area contributed by atoms with Gasteiger partial charge in [0.25, 0.3) is 11.9 Å². The maximum absolute atomic E-state index is 13.2. The van der Waals surface area contributed by atoms with Crippen molar-refractivity contribution in [2.45, 2.75) is 6.43 Å². The highest BCUT2D eigenvalue weighted by molar-refractivity contribution is 5.60. The number of aromatic nitrogens is 6. The number of methoxy groups -OCH3 is 1. The van der Waals surface area contributed by atoms with Gasteiger partial charge >= 0.3 is 0 Å². The first kappa shape index (κ1) is 23.0. The molecule has 0 spiro atoms. The number of alkyl halides is 2. The number of benzene rings is 2. The lowest BCUT2D eigenvalue weighted by Gasteiger charge is -2.16. The molecule has 182 valence electrons. The summed E-state index contributed by atoms with van der Waals surface area (Å²) in [4.78, 5) is 13.2. The van der Waals surface area contributed by atoms with Crippen LogP contribution in [-0.4, -0.2) is 49.5 Å². The van der Waals surface area contributed by atoms with Crippen LogP contribution < -0.4 is 14.9 Å². The van der Waals surface area contributed by atoms with E-state index >= 15 is 0 Å². The van der Waals surface area contributed by atoms with Gasteiger partial charge in [-0.25, -0.2) is 22.8 Å². The Labute approximate surface area is 203 Å². The Hall–Kier alpha value is -4.80. The van der Waals surface area contributed by atoms with Gasteiger partial charge in [0.2, 0.25) is 0 Å². The Kier molecular flexibility index (Phi) is 6.27. The van der Waals surface area contributed by atoms with Gasteiger partial charge in [-0.1, -0.05) is 18.2 Å². The predicted molar refractivity (Wildman–Crippen MR) is 128 cm³/mol. The number of nitrogens with zero attached hydrogens (tertiary/aromatic N) is 6. The monoisotopic (exact) mass is 490 g/mol. The first-order chi connectivity index (χ1) is 17.5. The minimum Gasteiger partial charge on any atom is -0.491 e. The minimum atomic E-state index is -2.68. The average molecular weight is 490 g/mol. The fraction of sp³-hybridized carbons (Fsp3) is 0.120. The molecule has 0 radical (unpaired) electrons. The highest BCUT2D eigenvalue weighted by atomic mass is 19.3. The molecule has 0 saturated heterocycles. The summed E-state index contributed by atoms with van der Waals surface area (Å²) in [5.74, 6) is 0.140. The Morgan fingerprint density at radius 2 is 1.75 bits per heavy atom. The van der Waals surface area contributed by atoms with Crippen LogP contribution in [0.1, 0.15) is 0 Å². The smallest absolute Gasteiger partial charge is 0.272 e. The lowest BCUT2D eigenvalue weighted by Crippen LogP contribution is -2.18. The van der Waals surface area contributed by atoms with Crippen molar-refractivity contribution >= 4 is 0 Å². The number of ether oxygens (including phenoxy) is 2. The summed E-state index contributed by atoms with van der Waals surface area (Å²) < 4.78 is 41.3. The van der Waals surface area contributed by atoms with Gasteiger partial charge in [-0.05, 0) is 36.4 Å². The van der Waals surface area contributed by atoms with Crippen LogP contribution in [0.25, 0.3) is 28.5 Å². The number of rotatable bonds is 8. The van der Waals surface area contributed by atoms with E-state index in [0.717, 1.165) is 5.69 Å². The van der Waals surface area contributed by atoms with E-state index in [1.807, 2.05) is 30.3 Å². The second-order valence-corrected chi connectivity index (χ2v) is 7.59. The third-order valence-electron chi connectivity index (χ3n) is 5.32. The average Bonchev–Trinajstić information content (AvgIpc) is 3.61. The van der Waals surface area contributed by atoms with Gasteiger partial charge in [-0.3, -0.25) is 4.79 Å². The molecule has 0 N–H and O–H groups in total. The van der Waals surface area contributed by atoms with Crippen LogP contribution in [-0.2, 0) is 0 Å². The molecule has 0 bridgehead atoms. The highest BCUT2D eigenvalue weighted by Gasteiger charge is 2.20. The van der Waals surface area contributed by atoms with Crippen LogP contribution in [0.4, 0.5) is 8.78 Å². The van der Waals surface area contributed by atoms with E-state index in [9.17, 15) is 13.6 Å². The van der Waals surface area contributed by atoms with Crippen molar-refractivity contribution in [1.29, 1.82) is 0 Å². The molecule has 0 atom stereocenters. The summed E-state index contributed by atoms with van der Waals surface area (Å²) in [5, 5.41) is 13.0. The normalized spacial score (nSPS) is 11.1. The maximum atomic E-state index is 13.2. The number of hydrogen-bond acceptors (Lipinski definition) is 6. The first-order valence-electron chi connectivity index (χ1n) is 10.9. The van der Waals surface area contributed by atoms with E-state index < -0.39 is 18.5 Å². The molecule has 0 saturated carbocycles. The second kappa shape index (κ2) is 9.82. The molecule has 0 fully saturated rings. The molecular weight excluding hydrogens is 470 g/mol. The van der Waals surface area contributed by atoms with E-state index in [1.165, 1.54) is 18.0 Å². The Morgan fingerprint density at radius 1 is 0.917 bits per heavy atom. The zero-order valence-electron chi connectivity index (χ0n) is 19.0. The fourth-order valence-corrected chi connectivity index (χ4v) is 3.69. The number of hydrogen-bond donors (Lipinski definition) is 0. The molecule has 5 rings (SSSR count). The topological polar surface area (TPSA) is 89.0 Å². The van der Waals surface area contributed by atoms with Gasteiger partial charge in [0.15, 0.2) is 11.4 Å². The van der Waals surface area contributed by atoms with E-state index in [-0.39, 0.29) is 17.2 Å². The Balaban J connectivity index is 1.66. The summed E-state index contributed by atoms with van der Waals surface area (Å²) in [6.07, 6.45) is 3.58. The largest absolute Gasteiger partial charge is 0.491 e. The van der Waals surface area contributed by atoms with Crippen molar-refractivity contribution in [2.75, 3.05) is 13.7 Å². The van der Waals surface area contributed by atoms with Crippen LogP contribution >= 0.6 is 0 Å². The number of para-hydroxylation sites is 1. The Bertz CT molecular complexity index is 1530. The van der Waals surface area contributed by atoms with Gasteiger partial charge < -0.3 is 9.47 Å². The van der Waals surface area contributed by atoms with Crippen LogP contribution in [0, 0.1) is 0 Å². The SMILES string of the molecule is COc1cn(-c2ccc(-n3cccn3)cc2OCC(F)F)nc(-c2ccnn2-c2ccccc2)c1=O. The van der Waals surface area contributed by atoms with E-state index in [0.29, 0.717) is 17.1 Å². The zero-order valence-corrected chi connectivity index (χ0v) is 19.0. The van der Waals surface area contributed by atoms with Crippen molar-refractivity contribution in [2.24, 2.45) is 0 Å². The van der Waals surface area contributed by atoms with Gasteiger partial charge in [0.1, 0.15) is 18.0 Å². The van der Waals surface area contributed by atoms with Crippen molar-refractivity contribution in [3.63, 3.8) is 0 Å². The van der Waals surface area contributed by atoms with Crippen LogP contribution in [0.3, 0.4) is 0 Å². The summed E-state index contributed by atoms with van der Waals surface area (Å²) in [7, 11) is 1.37. The molecule has 0 amide bonds. The van der Waals surface area contributed by atoms with Gasteiger partial charge in [0.05, 0.1) is 36.6 Å². The molecule has 0 unspecified atom stereocenters. The molecule has 0 aliphatic carbocycles. The lowest BCUT2D eigenvalue weighted by atomic mass is 10.2. The molecule has 2 aromatic carbocycles. The van der Waals surface area contributed by atoms with E-state index in [1.54, 1.807) is 58.3 Å². The highest BCUT2D eigenvalue weighted by Crippen LogP contribution is 2.28. The first-order valence-corrected chi connectivity index (χ1v) is 10.9. The molecule has 0 aliphatic rings. The molecular formula is C25H20F2N6O3. The number of halogens is 2. The van der Waals surface area contributed by atoms with Crippen LogP contribution in [0.15, 0.2) is 90.2 Å². The molecule has 0 aliphatic heterocycles. The maximum Gasteiger partial charge on any atom is 0.272 e. The molecule has 11 heteroatoms. The fourth-order valence-electron chi connectivity index (χ4n) is 3.69.